The van der Waals surface area contributed by atoms with Gasteiger partial charge in [-0.2, -0.15) is 0 Å². The van der Waals surface area contributed by atoms with Gasteiger partial charge in [-0.25, -0.2) is 0 Å². The lowest BCUT2D eigenvalue weighted by Gasteiger charge is -2.22. The van der Waals surface area contributed by atoms with Crippen LogP contribution in [0.2, 0.25) is 0 Å². The Hall–Kier alpha value is -1.10. The summed E-state index contributed by atoms with van der Waals surface area (Å²) >= 11 is 0. The minimum atomic E-state index is -0.0752. The van der Waals surface area contributed by atoms with Crippen molar-refractivity contribution in [3.8, 4) is 0 Å². The summed E-state index contributed by atoms with van der Waals surface area (Å²) in [5.74, 6) is -0.150. The molecule has 0 radical (unpaired) electrons. The van der Waals surface area contributed by atoms with Crippen molar-refractivity contribution in [3.63, 3.8) is 0 Å². The highest BCUT2D eigenvalue weighted by Crippen LogP contribution is 2.11. The zero-order valence-corrected chi connectivity index (χ0v) is 19.6. The summed E-state index contributed by atoms with van der Waals surface area (Å²) in [6, 6.07) is 0. The predicted octanol–water partition coefficient (Wildman–Crippen LogP) is 6.04. The number of carbonyl (C=O) groups is 2. The second-order valence-corrected chi connectivity index (χ2v) is 8.73. The van der Waals surface area contributed by atoms with Crippen LogP contribution in [-0.4, -0.2) is 49.7 Å². The average Bonchev–Trinajstić information content (AvgIpc) is 2.73. The van der Waals surface area contributed by atoms with Gasteiger partial charge in [-0.05, 0) is 25.8 Å². The molecule has 0 N–H and O–H groups in total. The molecule has 0 aliphatic carbocycles. The van der Waals surface area contributed by atoms with Crippen LogP contribution in [0.4, 0.5) is 0 Å². The molecule has 0 aromatic rings. The molecule has 0 spiro atoms. The number of cyclic esters (lactones) is 2. The van der Waals surface area contributed by atoms with Crippen LogP contribution < -0.4 is 0 Å². The molecule has 1 aliphatic heterocycles. The number of carbonyl (C=O) groups excluding carboxylic acids is 2. The molecular formula is C25H47NO4. The SMILES string of the molecule is CCCCCCCCCCCN1CCOC(=O)CCCCCCCCC(=O)OCC1. The highest BCUT2D eigenvalue weighted by Gasteiger charge is 2.10. The van der Waals surface area contributed by atoms with Crippen LogP contribution in [-0.2, 0) is 19.1 Å². The van der Waals surface area contributed by atoms with Gasteiger partial charge in [0.05, 0.1) is 0 Å². The number of rotatable bonds is 10. The molecule has 5 heteroatoms. The van der Waals surface area contributed by atoms with E-state index in [0.717, 1.165) is 64.6 Å². The molecule has 0 saturated carbocycles. The maximum absolute atomic E-state index is 11.9. The molecule has 0 aromatic carbocycles. The fourth-order valence-corrected chi connectivity index (χ4v) is 3.95. The third kappa shape index (κ3) is 16.7. The van der Waals surface area contributed by atoms with Crippen LogP contribution in [0.25, 0.3) is 0 Å². The Labute approximate surface area is 185 Å². The van der Waals surface area contributed by atoms with E-state index in [1.807, 2.05) is 0 Å². The van der Waals surface area contributed by atoms with Gasteiger partial charge in [-0.1, -0.05) is 84.0 Å². The van der Waals surface area contributed by atoms with Gasteiger partial charge in [0.15, 0.2) is 0 Å². The number of esters is 2. The largest absolute Gasteiger partial charge is 0.464 e. The first kappa shape index (κ1) is 26.9. The molecule has 176 valence electrons. The first-order valence-corrected chi connectivity index (χ1v) is 12.8. The van der Waals surface area contributed by atoms with E-state index in [0.29, 0.717) is 26.1 Å². The van der Waals surface area contributed by atoms with Crippen molar-refractivity contribution < 1.29 is 19.1 Å². The lowest BCUT2D eigenvalue weighted by Crippen LogP contribution is -2.33. The second-order valence-electron chi connectivity index (χ2n) is 8.73. The summed E-state index contributed by atoms with van der Waals surface area (Å²) in [6.07, 6.45) is 19.0. The Morgan fingerprint density at radius 1 is 0.633 bits per heavy atom. The molecule has 5 nitrogen and oxygen atoms in total. The van der Waals surface area contributed by atoms with Gasteiger partial charge in [-0.3, -0.25) is 14.5 Å². The first-order chi connectivity index (χ1) is 14.7. The van der Waals surface area contributed by atoms with Gasteiger partial charge in [0.25, 0.3) is 0 Å². The summed E-state index contributed by atoms with van der Waals surface area (Å²) in [5.41, 5.74) is 0. The summed E-state index contributed by atoms with van der Waals surface area (Å²) in [4.78, 5) is 26.1. The average molecular weight is 426 g/mol. The molecule has 0 bridgehead atoms. The topological polar surface area (TPSA) is 55.8 Å². The van der Waals surface area contributed by atoms with E-state index < -0.39 is 0 Å². The minimum absolute atomic E-state index is 0.0752. The molecule has 0 aromatic heterocycles. The number of unbranched alkanes of at least 4 members (excludes halogenated alkanes) is 8. The van der Waals surface area contributed by atoms with Crippen molar-refractivity contribution in [1.82, 2.24) is 4.90 Å². The molecule has 1 aliphatic rings. The van der Waals surface area contributed by atoms with E-state index in [-0.39, 0.29) is 11.9 Å². The molecule has 1 saturated heterocycles. The zero-order chi connectivity index (χ0) is 21.7. The van der Waals surface area contributed by atoms with Crippen molar-refractivity contribution in [3.05, 3.63) is 0 Å². The van der Waals surface area contributed by atoms with Crippen molar-refractivity contribution in [1.29, 1.82) is 0 Å². The third-order valence-electron chi connectivity index (χ3n) is 5.93. The second kappa shape index (κ2) is 19.8. The van der Waals surface area contributed by atoms with Gasteiger partial charge in [0, 0.05) is 25.9 Å². The Bertz CT molecular complexity index is 399. The van der Waals surface area contributed by atoms with Crippen LogP contribution in [0.5, 0.6) is 0 Å². The molecular weight excluding hydrogens is 378 g/mol. The summed E-state index contributed by atoms with van der Waals surface area (Å²) in [6.45, 7) is 5.55. The van der Waals surface area contributed by atoms with E-state index in [4.69, 9.17) is 9.47 Å². The van der Waals surface area contributed by atoms with Gasteiger partial charge in [0.1, 0.15) is 13.2 Å². The van der Waals surface area contributed by atoms with Crippen LogP contribution in [0.15, 0.2) is 0 Å². The molecule has 0 amide bonds. The van der Waals surface area contributed by atoms with Crippen LogP contribution >= 0.6 is 0 Å². The quantitative estimate of drug-likeness (QED) is 0.315. The Morgan fingerprint density at radius 2 is 1.07 bits per heavy atom. The van der Waals surface area contributed by atoms with E-state index >= 15 is 0 Å². The molecule has 1 heterocycles. The third-order valence-corrected chi connectivity index (χ3v) is 5.93. The monoisotopic (exact) mass is 425 g/mol. The van der Waals surface area contributed by atoms with Crippen LogP contribution in [0.3, 0.4) is 0 Å². The lowest BCUT2D eigenvalue weighted by atomic mass is 10.1. The van der Waals surface area contributed by atoms with Crippen LogP contribution in [0.1, 0.15) is 116 Å². The molecule has 30 heavy (non-hydrogen) atoms. The highest BCUT2D eigenvalue weighted by atomic mass is 16.5. The number of ether oxygens (including phenoxy) is 2. The lowest BCUT2D eigenvalue weighted by molar-refractivity contribution is -0.144. The highest BCUT2D eigenvalue weighted by molar-refractivity contribution is 5.69. The van der Waals surface area contributed by atoms with Crippen LogP contribution in [0, 0.1) is 0 Å². The first-order valence-electron chi connectivity index (χ1n) is 12.8. The smallest absolute Gasteiger partial charge is 0.305 e. The normalized spacial score (nSPS) is 19.1. The maximum atomic E-state index is 11.9. The molecule has 1 rings (SSSR count). The number of hydrogen-bond acceptors (Lipinski definition) is 5. The fraction of sp³-hybridized carbons (Fsp3) is 0.920. The van der Waals surface area contributed by atoms with Crippen molar-refractivity contribution in [2.24, 2.45) is 0 Å². The number of hydrogen-bond donors (Lipinski definition) is 0. The van der Waals surface area contributed by atoms with Crippen molar-refractivity contribution in [2.45, 2.75) is 116 Å². The minimum Gasteiger partial charge on any atom is -0.464 e. The summed E-state index contributed by atoms with van der Waals surface area (Å²) < 4.78 is 10.8. The Balaban J connectivity index is 2.27. The van der Waals surface area contributed by atoms with E-state index in [1.54, 1.807) is 0 Å². The van der Waals surface area contributed by atoms with Gasteiger partial charge < -0.3 is 9.47 Å². The maximum Gasteiger partial charge on any atom is 0.305 e. The standard InChI is InChI=1S/C25H47NO4/c1-2-3-4-5-6-7-10-13-16-19-26-20-22-29-24(27)17-14-11-8-9-12-15-18-25(28)30-23-21-26/h2-23H2,1H3. The molecule has 0 unspecified atom stereocenters. The Kier molecular flexibility index (Phi) is 17.8. The molecule has 1 fully saturated rings. The van der Waals surface area contributed by atoms with E-state index in [9.17, 15) is 9.59 Å². The van der Waals surface area contributed by atoms with Crippen molar-refractivity contribution >= 4 is 11.9 Å². The van der Waals surface area contributed by atoms with Gasteiger partial charge >= 0.3 is 11.9 Å². The Morgan fingerprint density at radius 3 is 1.57 bits per heavy atom. The summed E-state index contributed by atoms with van der Waals surface area (Å²) in [7, 11) is 0. The molecule has 0 atom stereocenters. The predicted molar refractivity (Wildman–Crippen MR) is 123 cm³/mol. The van der Waals surface area contributed by atoms with Gasteiger partial charge in [-0.15, -0.1) is 0 Å². The number of nitrogens with zero attached hydrogens (tertiary/aromatic N) is 1. The van der Waals surface area contributed by atoms with E-state index in [1.165, 1.54) is 51.4 Å². The fourth-order valence-electron chi connectivity index (χ4n) is 3.95. The summed E-state index contributed by atoms with van der Waals surface area (Å²) in [5, 5.41) is 0. The van der Waals surface area contributed by atoms with Crippen molar-refractivity contribution in [2.75, 3.05) is 32.8 Å². The van der Waals surface area contributed by atoms with Gasteiger partial charge in [0.2, 0.25) is 0 Å². The zero-order valence-electron chi connectivity index (χ0n) is 19.6. The van der Waals surface area contributed by atoms with E-state index in [2.05, 4.69) is 11.8 Å².